The number of nitrogens with one attached hydrogen (secondary N) is 2. The van der Waals surface area contributed by atoms with Gasteiger partial charge in [-0.15, -0.1) is 24.0 Å². The predicted molar refractivity (Wildman–Crippen MR) is 97.9 cm³/mol. The summed E-state index contributed by atoms with van der Waals surface area (Å²) in [5.41, 5.74) is 0.842. The van der Waals surface area contributed by atoms with Gasteiger partial charge in [-0.2, -0.15) is 0 Å². The van der Waals surface area contributed by atoms with E-state index in [0.717, 1.165) is 31.2 Å². The maximum atomic E-state index is 12.9. The first-order chi connectivity index (χ1) is 10.8. The molecule has 3 rings (SSSR count). The van der Waals surface area contributed by atoms with E-state index in [9.17, 15) is 4.39 Å². The highest BCUT2D eigenvalue weighted by Gasteiger charge is 2.05. The first-order valence-electron chi connectivity index (χ1n) is 7.20. The molecule has 2 heterocycles. The number of ether oxygens (including phenoxy) is 1. The molecule has 0 saturated heterocycles. The van der Waals surface area contributed by atoms with E-state index in [1.54, 1.807) is 24.4 Å². The molecule has 0 amide bonds. The second-order valence-electron chi connectivity index (χ2n) is 4.90. The number of guanidine groups is 1. The van der Waals surface area contributed by atoms with Crippen LogP contribution in [-0.4, -0.2) is 24.0 Å². The summed E-state index contributed by atoms with van der Waals surface area (Å²) in [7, 11) is 0. The van der Waals surface area contributed by atoms with E-state index in [-0.39, 0.29) is 29.8 Å². The minimum atomic E-state index is -0.285. The van der Waals surface area contributed by atoms with E-state index >= 15 is 0 Å². The van der Waals surface area contributed by atoms with Gasteiger partial charge in [-0.25, -0.2) is 4.39 Å². The van der Waals surface area contributed by atoms with Crippen LogP contribution in [0.5, 0.6) is 11.5 Å². The molecule has 23 heavy (non-hydrogen) atoms. The minimum Gasteiger partial charge on any atom is -0.457 e. The third kappa shape index (κ3) is 5.34. The van der Waals surface area contributed by atoms with E-state index in [1.807, 2.05) is 6.07 Å². The highest BCUT2D eigenvalue weighted by Crippen LogP contribution is 2.21. The highest BCUT2D eigenvalue weighted by atomic mass is 127. The molecule has 5 nitrogen and oxygen atoms in total. The summed E-state index contributed by atoms with van der Waals surface area (Å²) in [6, 6.07) is 9.53. The molecule has 1 aliphatic heterocycles. The summed E-state index contributed by atoms with van der Waals surface area (Å²) in [5, 5.41) is 6.40. The third-order valence-corrected chi connectivity index (χ3v) is 3.17. The molecular weight excluding hydrogens is 410 g/mol. The number of benzene rings is 1. The zero-order valence-corrected chi connectivity index (χ0v) is 14.8. The Morgan fingerprint density at radius 3 is 2.74 bits per heavy atom. The number of aromatic nitrogens is 1. The standard InChI is InChI=1S/C16H17FN4O.HI/c17-12-2-4-14(5-3-12)22-15-6-9-18-13(10-15)11-21-16-19-7-1-8-20-16;/h2-6,9-10H,1,7-8,11H2,(H2,19,20,21);1H. The molecule has 1 aliphatic rings. The lowest BCUT2D eigenvalue weighted by molar-refractivity contribution is 0.478. The van der Waals surface area contributed by atoms with Crippen LogP contribution in [-0.2, 0) is 6.54 Å². The van der Waals surface area contributed by atoms with Crippen molar-refractivity contribution in [3.05, 3.63) is 54.1 Å². The molecule has 2 N–H and O–H groups in total. The van der Waals surface area contributed by atoms with Crippen LogP contribution >= 0.6 is 24.0 Å². The van der Waals surface area contributed by atoms with Crippen molar-refractivity contribution in [3.63, 3.8) is 0 Å². The molecule has 1 aromatic carbocycles. The number of aliphatic imine (C=N–C) groups is 1. The fourth-order valence-corrected chi connectivity index (χ4v) is 2.08. The Bertz CT molecular complexity index is 663. The summed E-state index contributed by atoms with van der Waals surface area (Å²) >= 11 is 0. The summed E-state index contributed by atoms with van der Waals surface area (Å²) in [5.74, 6) is 1.77. The van der Waals surface area contributed by atoms with Gasteiger partial charge < -0.3 is 15.4 Å². The Kier molecular flexibility index (Phi) is 6.57. The molecule has 1 aromatic heterocycles. The zero-order valence-electron chi connectivity index (χ0n) is 12.5. The zero-order chi connectivity index (χ0) is 15.2. The number of hydrogen-bond donors (Lipinski definition) is 2. The van der Waals surface area contributed by atoms with E-state index in [0.29, 0.717) is 18.0 Å². The predicted octanol–water partition coefficient (Wildman–Crippen LogP) is 3.07. The molecule has 0 saturated carbocycles. The summed E-state index contributed by atoms with van der Waals surface area (Å²) in [6.07, 6.45) is 2.75. The van der Waals surface area contributed by atoms with Crippen LogP contribution in [0.3, 0.4) is 0 Å². The normalized spacial score (nSPS) is 13.3. The number of halogens is 2. The maximum absolute atomic E-state index is 12.9. The van der Waals surface area contributed by atoms with E-state index in [1.165, 1.54) is 12.1 Å². The van der Waals surface area contributed by atoms with Crippen molar-refractivity contribution in [1.29, 1.82) is 0 Å². The Balaban J connectivity index is 0.00000192. The minimum absolute atomic E-state index is 0. The highest BCUT2D eigenvalue weighted by molar-refractivity contribution is 14.0. The van der Waals surface area contributed by atoms with Crippen LogP contribution in [0, 0.1) is 5.82 Å². The van der Waals surface area contributed by atoms with Gasteiger partial charge in [-0.1, -0.05) is 0 Å². The average Bonchev–Trinajstić information content (AvgIpc) is 2.57. The molecule has 0 aliphatic carbocycles. The van der Waals surface area contributed by atoms with Gasteiger partial charge in [0.15, 0.2) is 5.96 Å². The van der Waals surface area contributed by atoms with Gasteiger partial charge in [0.2, 0.25) is 0 Å². The Morgan fingerprint density at radius 2 is 2.00 bits per heavy atom. The smallest absolute Gasteiger partial charge is 0.191 e. The second-order valence-corrected chi connectivity index (χ2v) is 4.90. The van der Waals surface area contributed by atoms with Crippen LogP contribution in [0.15, 0.2) is 47.6 Å². The Hall–Kier alpha value is -1.90. The first kappa shape index (κ1) is 17.5. The number of nitrogens with zero attached hydrogens (tertiary/aromatic N) is 2. The van der Waals surface area contributed by atoms with E-state index in [2.05, 4.69) is 20.6 Å². The van der Waals surface area contributed by atoms with Crippen molar-refractivity contribution < 1.29 is 9.13 Å². The maximum Gasteiger partial charge on any atom is 0.191 e. The van der Waals surface area contributed by atoms with Gasteiger partial charge in [0.1, 0.15) is 17.3 Å². The fourth-order valence-electron chi connectivity index (χ4n) is 2.08. The van der Waals surface area contributed by atoms with Gasteiger partial charge in [-0.3, -0.25) is 9.98 Å². The van der Waals surface area contributed by atoms with Crippen LogP contribution in [0.2, 0.25) is 0 Å². The van der Waals surface area contributed by atoms with E-state index < -0.39 is 0 Å². The number of rotatable bonds is 4. The Labute approximate surface area is 151 Å². The topological polar surface area (TPSA) is 58.5 Å². The van der Waals surface area contributed by atoms with Crippen molar-refractivity contribution in [2.24, 2.45) is 4.99 Å². The number of hydrogen-bond acceptors (Lipinski definition) is 5. The summed E-state index contributed by atoms with van der Waals surface area (Å²) < 4.78 is 18.6. The molecule has 0 spiro atoms. The second kappa shape index (κ2) is 8.66. The van der Waals surface area contributed by atoms with Crippen molar-refractivity contribution >= 4 is 29.9 Å². The molecular formula is C16H18FIN4O. The monoisotopic (exact) mass is 428 g/mol. The van der Waals surface area contributed by atoms with Crippen LogP contribution < -0.4 is 15.4 Å². The lowest BCUT2D eigenvalue weighted by atomic mass is 10.3. The molecule has 0 fully saturated rings. The van der Waals surface area contributed by atoms with Crippen molar-refractivity contribution in [2.75, 3.05) is 13.1 Å². The van der Waals surface area contributed by atoms with Gasteiger partial charge in [-0.05, 0) is 36.8 Å². The van der Waals surface area contributed by atoms with Crippen LogP contribution in [0.4, 0.5) is 4.39 Å². The molecule has 7 heteroatoms. The molecule has 2 aromatic rings. The molecule has 122 valence electrons. The summed E-state index contributed by atoms with van der Waals surface area (Å²) in [6.45, 7) is 2.34. The lowest BCUT2D eigenvalue weighted by Crippen LogP contribution is -2.40. The molecule has 0 unspecified atom stereocenters. The fraction of sp³-hybridized carbons (Fsp3) is 0.250. The van der Waals surface area contributed by atoms with Crippen molar-refractivity contribution in [1.82, 2.24) is 15.6 Å². The van der Waals surface area contributed by atoms with Crippen LogP contribution in [0.1, 0.15) is 12.1 Å². The Morgan fingerprint density at radius 1 is 1.17 bits per heavy atom. The largest absolute Gasteiger partial charge is 0.457 e. The van der Waals surface area contributed by atoms with Gasteiger partial charge in [0.25, 0.3) is 0 Å². The van der Waals surface area contributed by atoms with Crippen molar-refractivity contribution in [2.45, 2.75) is 13.0 Å². The SMILES string of the molecule is Fc1ccc(Oc2ccnc(CNC3=NCCCN3)c2)cc1.I. The molecule has 0 radical (unpaired) electrons. The number of pyridine rings is 1. The molecule has 0 bridgehead atoms. The van der Waals surface area contributed by atoms with E-state index in [4.69, 9.17) is 4.74 Å². The van der Waals surface area contributed by atoms with Crippen LogP contribution in [0.25, 0.3) is 0 Å². The third-order valence-electron chi connectivity index (χ3n) is 3.17. The van der Waals surface area contributed by atoms with Crippen molar-refractivity contribution in [3.8, 4) is 11.5 Å². The van der Waals surface area contributed by atoms with Gasteiger partial charge in [0, 0.05) is 25.4 Å². The molecule has 0 atom stereocenters. The first-order valence-corrected chi connectivity index (χ1v) is 7.20. The van der Waals surface area contributed by atoms with Gasteiger partial charge in [0.05, 0.1) is 12.2 Å². The lowest BCUT2D eigenvalue weighted by Gasteiger charge is -2.15. The quantitative estimate of drug-likeness (QED) is 0.736. The average molecular weight is 428 g/mol. The summed E-state index contributed by atoms with van der Waals surface area (Å²) in [4.78, 5) is 8.64. The van der Waals surface area contributed by atoms with Gasteiger partial charge >= 0.3 is 0 Å².